The Bertz CT molecular complexity index is 374. The molecule has 0 atom stereocenters. The fourth-order valence-corrected chi connectivity index (χ4v) is 0. The first kappa shape index (κ1) is 321. The van der Waals surface area contributed by atoms with Gasteiger partial charge in [0, 0.05) is 68.3 Å². The molecule has 0 saturated heterocycles. The van der Waals surface area contributed by atoms with Crippen LogP contribution in [0.4, 0.5) is 0 Å². The zero-order valence-corrected chi connectivity index (χ0v) is 27.3. The van der Waals surface area contributed by atoms with Crippen LogP contribution in [-0.4, -0.2) is 0 Å². The Morgan fingerprint density at radius 1 is 0.116 bits per heavy atom. The summed E-state index contributed by atoms with van der Waals surface area (Å²) in [5, 5.41) is 112. The van der Waals surface area contributed by atoms with Crippen molar-refractivity contribution in [2.45, 2.75) is 0 Å². The van der Waals surface area contributed by atoms with E-state index >= 15 is 0 Å². The molecule has 0 aliphatic heterocycles. The normalized spacial score (nSPS) is 0.837. The molecular weight excluding hydrogens is 859 g/mol. The number of nitrogens with zero attached hydrogens (tertiary/aromatic N) is 18. The molecule has 0 fully saturated rings. The first-order valence-corrected chi connectivity index (χ1v) is 4.02. The molecule has 0 bridgehead atoms. The summed E-state index contributed by atoms with van der Waals surface area (Å²) in [6.07, 6.45) is 0. The fourth-order valence-electron chi connectivity index (χ4n) is 0. The molecule has 0 N–H and O–H groups in total. The molecule has 0 aromatic carbocycles. The molecule has 0 unspecified atom stereocenters. The van der Waals surface area contributed by atoms with E-state index in [4.69, 9.17) is 213 Å². The predicted octanol–water partition coefficient (Wildman–Crippen LogP) is 1.72. The minimum Gasteiger partial charge on any atom is -0.512 e. The third kappa shape index (κ3) is 1410. The van der Waals surface area contributed by atoms with Crippen LogP contribution in [0.1, 0.15) is 0 Å². The predicted molar refractivity (Wildman–Crippen MR) is 89.4 cm³/mol. The van der Waals surface area contributed by atoms with E-state index in [0.29, 0.717) is 0 Å². The Hall–Kier alpha value is -5.54. The molecule has 0 saturated carbocycles. The van der Waals surface area contributed by atoms with Crippen LogP contribution in [0.25, 0.3) is 0 Å². The van der Waals surface area contributed by atoms with E-state index in [1.165, 1.54) is 0 Å². The van der Waals surface area contributed by atoms with Crippen LogP contribution < -0.4 is 0 Å². The first-order valence-electron chi connectivity index (χ1n) is 4.02. The summed E-state index contributed by atoms with van der Waals surface area (Å²) in [4.78, 5) is 0. The van der Waals surface area contributed by atoms with Crippen LogP contribution >= 0.6 is 0 Å². The summed E-state index contributed by atoms with van der Waals surface area (Å²) < 4.78 is 0. The van der Waals surface area contributed by atoms with Crippen LogP contribution in [0.5, 0.6) is 0 Å². The van der Waals surface area contributed by atoms with Crippen molar-refractivity contribution < 1.29 is 119 Å². The minimum absolute atomic E-state index is 0. The van der Waals surface area contributed by atoms with Crippen molar-refractivity contribution >= 4 is 0 Å². The fraction of sp³-hybridized carbons (Fsp3) is 0. The maximum Gasteiger partial charge on any atom is 2.00 e. The van der Waals surface area contributed by atoms with Crippen molar-refractivity contribution in [3.8, 4) is 0 Å². The molecule has 0 heterocycles. The van der Waals surface area contributed by atoms with E-state index in [-0.39, 0.29) is 119 Å². The standard InChI is InChI=1S/18CN.7Fe/c18*1-2;;;;;;;/q18*-1;;;;;3*+2. The van der Waals surface area contributed by atoms with Gasteiger partial charge in [-0.25, -0.2) is 0 Å². The summed E-state index contributed by atoms with van der Waals surface area (Å²) in [6.45, 7) is 85.5. The molecule has 0 aliphatic rings. The Labute approximate surface area is 329 Å². The molecule has 0 aromatic heterocycles. The topological polar surface area (TPSA) is 428 Å². The molecule has 0 aromatic rings. The van der Waals surface area contributed by atoms with Gasteiger partial charge in [0.25, 0.3) is 0 Å². The van der Waals surface area contributed by atoms with Crippen molar-refractivity contribution in [1.29, 1.82) is 94.7 Å². The van der Waals surface area contributed by atoms with E-state index in [2.05, 4.69) is 0 Å². The van der Waals surface area contributed by atoms with Gasteiger partial charge in [-0.05, 0) is 0 Å². The Kier molecular flexibility index (Phi) is 11100. The molecule has 0 spiro atoms. The average Bonchev–Trinajstić information content (AvgIpc) is 3.13. The van der Waals surface area contributed by atoms with Gasteiger partial charge >= 0.3 is 51.2 Å². The van der Waals surface area contributed by atoms with Crippen molar-refractivity contribution in [3.05, 3.63) is 118 Å². The summed E-state index contributed by atoms with van der Waals surface area (Å²) in [5.41, 5.74) is 0. The van der Waals surface area contributed by atoms with Gasteiger partial charge in [-0.3, -0.25) is 0 Å². The van der Waals surface area contributed by atoms with E-state index in [9.17, 15) is 0 Å². The molecule has 0 aliphatic carbocycles. The smallest absolute Gasteiger partial charge is 0.512 e. The second-order valence-corrected chi connectivity index (χ2v) is 0. The van der Waals surface area contributed by atoms with E-state index in [1.807, 2.05) is 0 Å². The number of hydrogen-bond donors (Lipinski definition) is 0. The maximum atomic E-state index is 6.25. The van der Waals surface area contributed by atoms with Crippen molar-refractivity contribution in [2.24, 2.45) is 0 Å². The van der Waals surface area contributed by atoms with Gasteiger partial charge in [0.15, 0.2) is 0 Å². The van der Waals surface area contributed by atoms with Gasteiger partial charge in [-0.2, -0.15) is 0 Å². The monoisotopic (exact) mass is 860 g/mol. The van der Waals surface area contributed by atoms with E-state index in [0.717, 1.165) is 0 Å². The summed E-state index contributed by atoms with van der Waals surface area (Å²) in [6, 6.07) is 0. The van der Waals surface area contributed by atoms with E-state index in [1.54, 1.807) is 0 Å². The van der Waals surface area contributed by atoms with Crippen LogP contribution in [0.3, 0.4) is 0 Å². The Morgan fingerprint density at radius 3 is 0.116 bits per heavy atom. The Balaban J connectivity index is -0.00000000344. The molecule has 0 rings (SSSR count). The van der Waals surface area contributed by atoms with Gasteiger partial charge in [-0.1, -0.05) is 0 Å². The van der Waals surface area contributed by atoms with Crippen molar-refractivity contribution in [2.75, 3.05) is 0 Å². The van der Waals surface area contributed by atoms with Crippen molar-refractivity contribution in [3.63, 3.8) is 0 Å². The average molecular weight is 859 g/mol. The molecule has 18 nitrogen and oxygen atoms in total. The van der Waals surface area contributed by atoms with Gasteiger partial charge in [-0.15, -0.1) is 0 Å². The van der Waals surface area contributed by atoms with Gasteiger partial charge in [0.2, 0.25) is 0 Å². The molecular formula is C18Fe7N18-12. The SMILES string of the molecule is [C-]#N.[C-]#N.[C-]#N.[C-]#N.[C-]#N.[C-]#N.[C-]#N.[C-]#N.[C-]#N.[C-]#N.[C-]#N.[C-]#N.[C-]#N.[C-]#N.[C-]#N.[C-]#N.[C-]#N.[C-]#N.[Fe+2].[Fe+2].[Fe+2].[Fe].[Fe].[Fe].[Fe]. The zero-order chi connectivity index (χ0) is 36.0. The first-order chi connectivity index (χ1) is 18.0. The quantitative estimate of drug-likeness (QED) is 0.247. The van der Waals surface area contributed by atoms with E-state index < -0.39 is 0 Å². The maximum absolute atomic E-state index is 6.25. The van der Waals surface area contributed by atoms with Crippen molar-refractivity contribution in [1.82, 2.24) is 0 Å². The summed E-state index contributed by atoms with van der Waals surface area (Å²) in [7, 11) is 0. The van der Waals surface area contributed by atoms with Crippen LogP contribution in [0, 0.1) is 213 Å². The summed E-state index contributed by atoms with van der Waals surface area (Å²) in [5.74, 6) is 0. The molecule has 0 amide bonds. The second kappa shape index (κ2) is 1490. The minimum atomic E-state index is 0. The van der Waals surface area contributed by atoms with Gasteiger partial charge in [0.05, 0.1) is 0 Å². The second-order valence-electron chi connectivity index (χ2n) is 0. The third-order valence-corrected chi connectivity index (χ3v) is 0. The molecule has 230 valence electrons. The van der Waals surface area contributed by atoms with Crippen LogP contribution in [0.15, 0.2) is 0 Å². The summed E-state index contributed by atoms with van der Waals surface area (Å²) >= 11 is 0. The Morgan fingerprint density at radius 2 is 0.116 bits per heavy atom. The third-order valence-electron chi connectivity index (χ3n) is 0. The zero-order valence-electron chi connectivity index (χ0n) is 19.5. The molecule has 25 heteroatoms. The largest absolute Gasteiger partial charge is 2.00 e. The molecule has 0 radical (unpaired) electrons. The molecule has 43 heavy (non-hydrogen) atoms. The van der Waals surface area contributed by atoms with Crippen LogP contribution in [0.2, 0.25) is 0 Å². The number of rotatable bonds is 0. The van der Waals surface area contributed by atoms with Gasteiger partial charge in [0.1, 0.15) is 0 Å². The van der Waals surface area contributed by atoms with Crippen LogP contribution in [-0.2, 0) is 119 Å². The number of hydrogen-bond acceptors (Lipinski definition) is 18. The van der Waals surface area contributed by atoms with Gasteiger partial charge < -0.3 is 213 Å².